The largest absolute Gasteiger partial charge is 0.507 e. The number of aryl methyl sites for hydroxylation is 1. The summed E-state index contributed by atoms with van der Waals surface area (Å²) in [6.45, 7) is 1.94. The van der Waals surface area contributed by atoms with Crippen LogP contribution in [0.5, 0.6) is 11.5 Å². The van der Waals surface area contributed by atoms with Crippen molar-refractivity contribution in [1.29, 1.82) is 0 Å². The lowest BCUT2D eigenvalue weighted by Crippen LogP contribution is -2.15. The van der Waals surface area contributed by atoms with Crippen molar-refractivity contribution in [2.75, 3.05) is 12.4 Å². The smallest absolute Gasteiger partial charge is 0.259 e. The standard InChI is InChI=1S/C20H18N2O4/c1-12-4-3-5-13(8-12)16-9-14(11-21-19(16)24)22-20(25)17-10-15(26-2)6-7-18(17)23/h3-11,23H,1-2H3,(H,21,24)(H,22,25). The van der Waals surface area contributed by atoms with E-state index in [0.29, 0.717) is 17.0 Å². The van der Waals surface area contributed by atoms with Crippen molar-refractivity contribution in [2.24, 2.45) is 0 Å². The number of phenols is 1. The minimum Gasteiger partial charge on any atom is -0.507 e. The quantitative estimate of drug-likeness (QED) is 0.673. The molecule has 0 aliphatic rings. The Hall–Kier alpha value is -3.54. The Labute approximate surface area is 150 Å². The van der Waals surface area contributed by atoms with Gasteiger partial charge in [-0.3, -0.25) is 9.59 Å². The highest BCUT2D eigenvalue weighted by Crippen LogP contribution is 2.25. The molecule has 3 aromatic rings. The molecule has 0 saturated heterocycles. The lowest BCUT2D eigenvalue weighted by atomic mass is 10.0. The molecule has 0 radical (unpaired) electrons. The summed E-state index contributed by atoms with van der Waals surface area (Å²) in [5.74, 6) is -0.217. The number of phenolic OH excluding ortho intramolecular Hbond substituents is 1. The molecule has 0 unspecified atom stereocenters. The minimum absolute atomic E-state index is 0.0765. The molecule has 0 aliphatic heterocycles. The third-order valence-corrected chi connectivity index (χ3v) is 3.94. The first kappa shape index (κ1) is 17.3. The Kier molecular flexibility index (Phi) is 4.75. The number of nitrogens with one attached hydrogen (secondary N) is 2. The number of ether oxygens (including phenoxy) is 1. The summed E-state index contributed by atoms with van der Waals surface area (Å²) in [6, 6.07) is 13.5. The highest BCUT2D eigenvalue weighted by atomic mass is 16.5. The Morgan fingerprint density at radius 3 is 2.69 bits per heavy atom. The third-order valence-electron chi connectivity index (χ3n) is 3.94. The number of hydrogen-bond acceptors (Lipinski definition) is 4. The summed E-state index contributed by atoms with van der Waals surface area (Å²) in [5.41, 5.74) is 2.46. The normalized spacial score (nSPS) is 10.4. The summed E-state index contributed by atoms with van der Waals surface area (Å²) in [6.07, 6.45) is 1.41. The first-order valence-electron chi connectivity index (χ1n) is 7.96. The van der Waals surface area contributed by atoms with Crippen LogP contribution in [0.15, 0.2) is 59.5 Å². The molecule has 1 aromatic heterocycles. The second-order valence-electron chi connectivity index (χ2n) is 5.84. The molecule has 0 fully saturated rings. The van der Waals surface area contributed by atoms with Gasteiger partial charge in [0.25, 0.3) is 11.5 Å². The Bertz CT molecular complexity index is 1020. The lowest BCUT2D eigenvalue weighted by Gasteiger charge is -2.10. The van der Waals surface area contributed by atoms with Crippen LogP contribution in [0.25, 0.3) is 11.1 Å². The van der Waals surface area contributed by atoms with E-state index in [1.54, 1.807) is 12.1 Å². The van der Waals surface area contributed by atoms with Gasteiger partial charge in [-0.1, -0.05) is 29.8 Å². The lowest BCUT2D eigenvalue weighted by molar-refractivity contribution is 0.102. The molecular formula is C20H18N2O4. The zero-order chi connectivity index (χ0) is 18.7. The molecule has 1 heterocycles. The fraction of sp³-hybridized carbons (Fsp3) is 0.100. The predicted molar refractivity (Wildman–Crippen MR) is 99.8 cm³/mol. The summed E-state index contributed by atoms with van der Waals surface area (Å²) in [4.78, 5) is 27.2. The number of anilines is 1. The van der Waals surface area contributed by atoms with Crippen molar-refractivity contribution in [3.63, 3.8) is 0 Å². The van der Waals surface area contributed by atoms with Gasteiger partial charge in [-0.25, -0.2) is 0 Å². The van der Waals surface area contributed by atoms with Gasteiger partial charge in [-0.2, -0.15) is 0 Å². The van der Waals surface area contributed by atoms with E-state index in [1.807, 2.05) is 31.2 Å². The highest BCUT2D eigenvalue weighted by Gasteiger charge is 2.14. The third kappa shape index (κ3) is 3.59. The topological polar surface area (TPSA) is 91.4 Å². The van der Waals surface area contributed by atoms with Crippen molar-refractivity contribution in [3.05, 3.63) is 76.2 Å². The highest BCUT2D eigenvalue weighted by molar-refractivity contribution is 6.06. The average molecular weight is 350 g/mol. The number of methoxy groups -OCH3 is 1. The van der Waals surface area contributed by atoms with Gasteiger partial charge >= 0.3 is 0 Å². The summed E-state index contributed by atoms with van der Waals surface area (Å²) in [7, 11) is 1.48. The van der Waals surface area contributed by atoms with E-state index >= 15 is 0 Å². The molecule has 6 heteroatoms. The van der Waals surface area contributed by atoms with E-state index in [2.05, 4.69) is 10.3 Å². The number of aromatic hydroxyl groups is 1. The maximum atomic E-state index is 12.5. The van der Waals surface area contributed by atoms with Crippen molar-refractivity contribution >= 4 is 11.6 Å². The number of pyridine rings is 1. The van der Waals surface area contributed by atoms with Gasteiger partial charge in [0.1, 0.15) is 11.5 Å². The number of carbonyl (C=O) groups is 1. The fourth-order valence-corrected chi connectivity index (χ4v) is 2.61. The monoisotopic (exact) mass is 350 g/mol. The van der Waals surface area contributed by atoms with Gasteiger partial charge in [-0.15, -0.1) is 0 Å². The second kappa shape index (κ2) is 7.14. The van der Waals surface area contributed by atoms with E-state index in [-0.39, 0.29) is 16.9 Å². The maximum absolute atomic E-state index is 12.5. The van der Waals surface area contributed by atoms with Crippen LogP contribution in [0.1, 0.15) is 15.9 Å². The number of amides is 1. The van der Waals surface area contributed by atoms with Crippen LogP contribution in [0.2, 0.25) is 0 Å². The van der Waals surface area contributed by atoms with Crippen LogP contribution in [0, 0.1) is 6.92 Å². The molecule has 0 spiro atoms. The molecule has 132 valence electrons. The Morgan fingerprint density at radius 1 is 1.15 bits per heavy atom. The first-order valence-corrected chi connectivity index (χ1v) is 7.96. The zero-order valence-corrected chi connectivity index (χ0v) is 14.4. The van der Waals surface area contributed by atoms with E-state index in [0.717, 1.165) is 11.1 Å². The average Bonchev–Trinajstić information content (AvgIpc) is 2.63. The number of aromatic amines is 1. The van der Waals surface area contributed by atoms with Crippen LogP contribution >= 0.6 is 0 Å². The van der Waals surface area contributed by atoms with Crippen LogP contribution in [0.3, 0.4) is 0 Å². The van der Waals surface area contributed by atoms with Crippen molar-refractivity contribution in [1.82, 2.24) is 4.98 Å². The number of benzene rings is 2. The molecule has 0 aliphatic carbocycles. The number of aromatic nitrogens is 1. The van der Waals surface area contributed by atoms with Gasteiger partial charge in [-0.05, 0) is 36.8 Å². The van der Waals surface area contributed by atoms with Gasteiger partial charge in [0.05, 0.1) is 18.4 Å². The van der Waals surface area contributed by atoms with E-state index in [4.69, 9.17) is 4.74 Å². The van der Waals surface area contributed by atoms with Gasteiger partial charge < -0.3 is 20.1 Å². The molecular weight excluding hydrogens is 332 g/mol. The molecule has 1 amide bonds. The summed E-state index contributed by atoms with van der Waals surface area (Å²) >= 11 is 0. The Morgan fingerprint density at radius 2 is 1.96 bits per heavy atom. The van der Waals surface area contributed by atoms with Crippen molar-refractivity contribution in [3.8, 4) is 22.6 Å². The second-order valence-corrected chi connectivity index (χ2v) is 5.84. The molecule has 3 N–H and O–H groups in total. The van der Waals surface area contributed by atoms with Crippen LogP contribution in [-0.4, -0.2) is 23.1 Å². The fourth-order valence-electron chi connectivity index (χ4n) is 2.61. The minimum atomic E-state index is -0.511. The predicted octanol–water partition coefficient (Wildman–Crippen LogP) is 3.32. The van der Waals surface area contributed by atoms with Crippen LogP contribution in [-0.2, 0) is 0 Å². The maximum Gasteiger partial charge on any atom is 0.259 e. The van der Waals surface area contributed by atoms with Gasteiger partial charge in [0.2, 0.25) is 0 Å². The van der Waals surface area contributed by atoms with Crippen molar-refractivity contribution in [2.45, 2.75) is 6.92 Å². The van der Waals surface area contributed by atoms with Crippen LogP contribution < -0.4 is 15.6 Å². The van der Waals surface area contributed by atoms with E-state index < -0.39 is 5.91 Å². The molecule has 6 nitrogen and oxygen atoms in total. The van der Waals surface area contributed by atoms with E-state index in [9.17, 15) is 14.7 Å². The van der Waals surface area contributed by atoms with E-state index in [1.165, 1.54) is 25.4 Å². The molecule has 26 heavy (non-hydrogen) atoms. The molecule has 0 bridgehead atoms. The molecule has 3 rings (SSSR count). The van der Waals surface area contributed by atoms with Gasteiger partial charge in [0.15, 0.2) is 0 Å². The number of hydrogen-bond donors (Lipinski definition) is 3. The van der Waals surface area contributed by atoms with Crippen LogP contribution in [0.4, 0.5) is 5.69 Å². The summed E-state index contributed by atoms with van der Waals surface area (Å²) < 4.78 is 5.08. The SMILES string of the molecule is COc1ccc(O)c(C(=O)Nc2c[nH]c(=O)c(-c3cccc(C)c3)c2)c1. The zero-order valence-electron chi connectivity index (χ0n) is 14.4. The van der Waals surface area contributed by atoms with Gasteiger partial charge in [0, 0.05) is 11.8 Å². The number of rotatable bonds is 4. The summed E-state index contributed by atoms with van der Waals surface area (Å²) in [5, 5.41) is 12.6. The number of carbonyl (C=O) groups excluding carboxylic acids is 1. The molecule has 2 aromatic carbocycles. The molecule has 0 saturated carbocycles. The van der Waals surface area contributed by atoms with Crippen molar-refractivity contribution < 1.29 is 14.6 Å². The number of H-pyrrole nitrogens is 1. The first-order chi connectivity index (χ1) is 12.5. The molecule has 0 atom stereocenters. The Balaban J connectivity index is 1.93.